The van der Waals surface area contributed by atoms with Crippen molar-refractivity contribution in [2.24, 2.45) is 0 Å². The molecule has 0 aliphatic rings. The van der Waals surface area contributed by atoms with Gasteiger partial charge in [-0.2, -0.15) is 0 Å². The average molecular weight is 314 g/mol. The molecule has 0 bridgehead atoms. The molecule has 122 valence electrons. The molecular weight excluding hydrogens is 292 g/mol. The number of hydrogen-bond donors (Lipinski definition) is 1. The third-order valence-corrected chi connectivity index (χ3v) is 3.18. The molecule has 0 radical (unpaired) electrons. The maximum atomic E-state index is 11.9. The first-order valence-electron chi connectivity index (χ1n) is 7.42. The van der Waals surface area contributed by atoms with Crippen LogP contribution in [0.15, 0.2) is 30.3 Å². The predicted molar refractivity (Wildman–Crippen MR) is 89.6 cm³/mol. The summed E-state index contributed by atoms with van der Waals surface area (Å²) in [5.74, 6) is 1.87. The lowest BCUT2D eigenvalue weighted by Crippen LogP contribution is -2.29. The second-order valence-electron chi connectivity index (χ2n) is 5.56. The minimum Gasteiger partial charge on any atom is -0.484 e. The molecule has 1 amide bonds. The second kappa shape index (κ2) is 7.58. The van der Waals surface area contributed by atoms with Crippen molar-refractivity contribution < 1.29 is 9.53 Å². The monoisotopic (exact) mass is 314 g/mol. The van der Waals surface area contributed by atoms with Crippen LogP contribution in [0.2, 0.25) is 0 Å². The number of nitrogens with zero attached hydrogens (tertiary/aromatic N) is 3. The molecule has 2 rings (SSSR count). The van der Waals surface area contributed by atoms with Crippen LogP contribution in [0.4, 0.5) is 5.82 Å². The van der Waals surface area contributed by atoms with E-state index in [1.54, 1.807) is 0 Å². The van der Waals surface area contributed by atoms with Crippen molar-refractivity contribution in [3.8, 4) is 5.75 Å². The van der Waals surface area contributed by atoms with E-state index in [4.69, 9.17) is 4.74 Å². The summed E-state index contributed by atoms with van der Waals surface area (Å²) >= 11 is 0. The average Bonchev–Trinajstić information content (AvgIpc) is 2.52. The summed E-state index contributed by atoms with van der Waals surface area (Å²) in [5, 5.41) is 2.77. The summed E-state index contributed by atoms with van der Waals surface area (Å²) in [6.07, 6.45) is 0. The van der Waals surface area contributed by atoms with Gasteiger partial charge in [0.05, 0.1) is 6.54 Å². The fourth-order valence-electron chi connectivity index (χ4n) is 1.93. The topological polar surface area (TPSA) is 67.3 Å². The Hall–Kier alpha value is -2.63. The van der Waals surface area contributed by atoms with Crippen LogP contribution >= 0.6 is 0 Å². The zero-order valence-corrected chi connectivity index (χ0v) is 14.0. The molecule has 0 spiro atoms. The number of hydrogen-bond acceptors (Lipinski definition) is 5. The molecule has 6 nitrogen and oxygen atoms in total. The first-order valence-corrected chi connectivity index (χ1v) is 7.42. The number of carbonyl (C=O) groups excluding carboxylic acids is 1. The maximum absolute atomic E-state index is 11.9. The number of benzene rings is 1. The van der Waals surface area contributed by atoms with Gasteiger partial charge in [0.25, 0.3) is 5.91 Å². The highest BCUT2D eigenvalue weighted by atomic mass is 16.5. The van der Waals surface area contributed by atoms with Gasteiger partial charge in [-0.3, -0.25) is 4.79 Å². The quantitative estimate of drug-likeness (QED) is 0.881. The van der Waals surface area contributed by atoms with E-state index in [9.17, 15) is 4.79 Å². The molecule has 1 heterocycles. The minimum atomic E-state index is -0.206. The maximum Gasteiger partial charge on any atom is 0.258 e. The molecule has 23 heavy (non-hydrogen) atoms. The SMILES string of the molecule is Cc1ccc(OCC(=O)NCc2nc(C)cc(N(C)C)n2)cc1. The van der Waals surface area contributed by atoms with Crippen molar-refractivity contribution in [3.63, 3.8) is 0 Å². The minimum absolute atomic E-state index is 0.0323. The third-order valence-electron chi connectivity index (χ3n) is 3.18. The molecule has 0 saturated heterocycles. The summed E-state index contributed by atoms with van der Waals surface area (Å²) in [7, 11) is 3.83. The summed E-state index contributed by atoms with van der Waals surface area (Å²) in [6.45, 7) is 4.15. The van der Waals surface area contributed by atoms with E-state index in [0.717, 1.165) is 17.1 Å². The smallest absolute Gasteiger partial charge is 0.258 e. The lowest BCUT2D eigenvalue weighted by Gasteiger charge is -2.13. The number of aromatic nitrogens is 2. The van der Waals surface area contributed by atoms with Gasteiger partial charge in [0.1, 0.15) is 17.4 Å². The standard InChI is InChI=1S/C17H22N4O2/c1-12-5-7-14(8-6-12)23-11-17(22)18-10-15-19-13(2)9-16(20-15)21(3)4/h5-9H,10-11H2,1-4H3,(H,18,22). The van der Waals surface area contributed by atoms with E-state index < -0.39 is 0 Å². The molecular formula is C17H22N4O2. The van der Waals surface area contributed by atoms with Gasteiger partial charge in [-0.25, -0.2) is 9.97 Å². The lowest BCUT2D eigenvalue weighted by atomic mass is 10.2. The van der Waals surface area contributed by atoms with Crippen LogP contribution in [0.1, 0.15) is 17.1 Å². The first-order chi connectivity index (χ1) is 10.9. The highest BCUT2D eigenvalue weighted by Crippen LogP contribution is 2.11. The van der Waals surface area contributed by atoms with Gasteiger partial charge in [0.15, 0.2) is 6.61 Å². The zero-order valence-electron chi connectivity index (χ0n) is 14.0. The molecule has 0 atom stereocenters. The summed E-state index contributed by atoms with van der Waals surface area (Å²) < 4.78 is 5.44. The van der Waals surface area contributed by atoms with Gasteiger partial charge < -0.3 is 15.0 Å². The number of anilines is 1. The van der Waals surface area contributed by atoms with E-state index in [0.29, 0.717) is 11.6 Å². The fourth-order valence-corrected chi connectivity index (χ4v) is 1.93. The van der Waals surface area contributed by atoms with Crippen molar-refractivity contribution in [1.29, 1.82) is 0 Å². The third kappa shape index (κ3) is 5.25. The van der Waals surface area contributed by atoms with Gasteiger partial charge in [-0.15, -0.1) is 0 Å². The molecule has 6 heteroatoms. The Kier molecular flexibility index (Phi) is 5.51. The number of carbonyl (C=O) groups is 1. The van der Waals surface area contributed by atoms with Crippen molar-refractivity contribution in [2.75, 3.05) is 25.6 Å². The van der Waals surface area contributed by atoms with Crippen molar-refractivity contribution in [3.05, 3.63) is 47.4 Å². The predicted octanol–water partition coefficient (Wildman–Crippen LogP) is 1.85. The highest BCUT2D eigenvalue weighted by Gasteiger charge is 2.07. The lowest BCUT2D eigenvalue weighted by molar-refractivity contribution is -0.123. The summed E-state index contributed by atoms with van der Waals surface area (Å²) in [6, 6.07) is 9.46. The normalized spacial score (nSPS) is 10.3. The van der Waals surface area contributed by atoms with Gasteiger partial charge in [0, 0.05) is 25.9 Å². The molecule has 2 aromatic rings. The van der Waals surface area contributed by atoms with E-state index >= 15 is 0 Å². The Morgan fingerprint density at radius 3 is 2.52 bits per heavy atom. The van der Waals surface area contributed by atoms with Gasteiger partial charge >= 0.3 is 0 Å². The molecule has 0 aliphatic heterocycles. The zero-order chi connectivity index (χ0) is 16.8. The summed E-state index contributed by atoms with van der Waals surface area (Å²) in [4.78, 5) is 22.5. The van der Waals surface area contributed by atoms with Crippen molar-refractivity contribution in [1.82, 2.24) is 15.3 Å². The van der Waals surface area contributed by atoms with Crippen LogP contribution in [-0.2, 0) is 11.3 Å². The molecule has 0 aliphatic carbocycles. The molecule has 1 aromatic carbocycles. The number of nitrogens with one attached hydrogen (secondary N) is 1. The molecule has 1 aromatic heterocycles. The van der Waals surface area contributed by atoms with Crippen LogP contribution in [0.25, 0.3) is 0 Å². The Balaban J connectivity index is 1.85. The second-order valence-corrected chi connectivity index (χ2v) is 5.56. The van der Waals surface area contributed by atoms with Crippen molar-refractivity contribution in [2.45, 2.75) is 20.4 Å². The van der Waals surface area contributed by atoms with Crippen LogP contribution in [0.5, 0.6) is 5.75 Å². The van der Waals surface area contributed by atoms with Gasteiger partial charge in [0.2, 0.25) is 0 Å². The molecule has 1 N–H and O–H groups in total. The largest absolute Gasteiger partial charge is 0.484 e. The van der Waals surface area contributed by atoms with Crippen molar-refractivity contribution >= 4 is 11.7 Å². The number of rotatable bonds is 6. The molecule has 0 unspecified atom stereocenters. The number of ether oxygens (including phenoxy) is 1. The van der Waals surface area contributed by atoms with Gasteiger partial charge in [-0.1, -0.05) is 17.7 Å². The van der Waals surface area contributed by atoms with E-state index in [-0.39, 0.29) is 19.1 Å². The van der Waals surface area contributed by atoms with Crippen LogP contribution in [-0.4, -0.2) is 36.6 Å². The van der Waals surface area contributed by atoms with Gasteiger partial charge in [-0.05, 0) is 26.0 Å². The Labute approximate surface area is 136 Å². The van der Waals surface area contributed by atoms with Crippen LogP contribution in [0, 0.1) is 13.8 Å². The Morgan fingerprint density at radius 1 is 1.17 bits per heavy atom. The summed E-state index contributed by atoms with van der Waals surface area (Å²) in [5.41, 5.74) is 2.01. The number of aryl methyl sites for hydroxylation is 2. The highest BCUT2D eigenvalue weighted by molar-refractivity contribution is 5.77. The van der Waals surface area contributed by atoms with Crippen LogP contribution in [0.3, 0.4) is 0 Å². The fraction of sp³-hybridized carbons (Fsp3) is 0.353. The van der Waals surface area contributed by atoms with E-state index in [1.165, 1.54) is 0 Å². The first kappa shape index (κ1) is 16.7. The van der Waals surface area contributed by atoms with E-state index in [1.807, 2.05) is 63.2 Å². The molecule has 0 fully saturated rings. The van der Waals surface area contributed by atoms with E-state index in [2.05, 4.69) is 15.3 Å². The molecule has 0 saturated carbocycles. The Morgan fingerprint density at radius 2 is 1.87 bits per heavy atom. The Bertz CT molecular complexity index is 669. The van der Waals surface area contributed by atoms with Crippen LogP contribution < -0.4 is 15.0 Å². The number of amides is 1.